The Balaban J connectivity index is 1.41. The van der Waals surface area contributed by atoms with Crippen LogP contribution in [0.25, 0.3) is 0 Å². The van der Waals surface area contributed by atoms with Gasteiger partial charge >= 0.3 is 12.1 Å². The zero-order chi connectivity index (χ0) is 33.1. The molecule has 0 aromatic heterocycles. The van der Waals surface area contributed by atoms with Crippen LogP contribution in [0.1, 0.15) is 43.1 Å². The van der Waals surface area contributed by atoms with Gasteiger partial charge < -0.3 is 29.9 Å². The topological polar surface area (TPSA) is 115 Å². The summed E-state index contributed by atoms with van der Waals surface area (Å²) in [4.78, 5) is 45.1. The molecule has 1 aliphatic rings. The van der Waals surface area contributed by atoms with E-state index in [0.717, 1.165) is 56.2 Å². The van der Waals surface area contributed by atoms with E-state index >= 15 is 0 Å². The standard InChI is InChI=1S/C35H46N6O5/c1-35(2,3)46-34(44)38-31-13-7-6-12-30(31)37-32(42)27-16-14-26(15-17-27)25-41(19-9-18-40-20-22-45-23-21-40)33(43)36-28-10-8-11-29(24-28)39(4)5/h6-8,10-17,24H,9,18-23,25H2,1-5H3,(H,36,43)(H,37,42)(H,38,44). The number of nitrogens with zero attached hydrogens (tertiary/aromatic N) is 3. The van der Waals surface area contributed by atoms with Crippen molar-refractivity contribution in [3.63, 3.8) is 0 Å². The van der Waals surface area contributed by atoms with E-state index in [9.17, 15) is 14.4 Å². The largest absolute Gasteiger partial charge is 0.444 e. The normalized spacial score (nSPS) is 13.4. The summed E-state index contributed by atoms with van der Waals surface area (Å²) in [6.45, 7) is 10.4. The Hall–Kier alpha value is -4.61. The SMILES string of the molecule is CN(C)c1cccc(NC(=O)N(CCCN2CCOCC2)Cc2ccc(C(=O)Nc3ccccc3NC(=O)OC(C)(C)C)cc2)c1. The summed E-state index contributed by atoms with van der Waals surface area (Å²) in [5, 5.41) is 8.63. The molecule has 11 nitrogen and oxygen atoms in total. The lowest BCUT2D eigenvalue weighted by molar-refractivity contribution is 0.0365. The molecule has 1 heterocycles. The first-order chi connectivity index (χ1) is 22.0. The molecule has 246 valence electrons. The highest BCUT2D eigenvalue weighted by atomic mass is 16.6. The van der Waals surface area contributed by atoms with Gasteiger partial charge in [0.2, 0.25) is 0 Å². The summed E-state index contributed by atoms with van der Waals surface area (Å²) in [7, 11) is 3.92. The smallest absolute Gasteiger partial charge is 0.412 e. The van der Waals surface area contributed by atoms with E-state index in [0.29, 0.717) is 30.0 Å². The number of carbonyl (C=O) groups is 3. The predicted molar refractivity (Wildman–Crippen MR) is 183 cm³/mol. The zero-order valence-corrected chi connectivity index (χ0v) is 27.5. The average Bonchev–Trinajstić information content (AvgIpc) is 3.01. The van der Waals surface area contributed by atoms with Crippen LogP contribution in [0.3, 0.4) is 0 Å². The molecule has 0 bridgehead atoms. The van der Waals surface area contributed by atoms with Gasteiger partial charge in [0, 0.05) is 63.8 Å². The van der Waals surface area contributed by atoms with Gasteiger partial charge in [-0.1, -0.05) is 30.3 Å². The van der Waals surface area contributed by atoms with Crippen LogP contribution in [-0.4, -0.2) is 86.9 Å². The first-order valence-electron chi connectivity index (χ1n) is 15.6. The number of anilines is 4. The van der Waals surface area contributed by atoms with Crippen LogP contribution in [0.2, 0.25) is 0 Å². The van der Waals surface area contributed by atoms with E-state index in [1.54, 1.807) is 62.1 Å². The number of hydrogen-bond donors (Lipinski definition) is 3. The number of benzene rings is 3. The van der Waals surface area contributed by atoms with Crippen molar-refractivity contribution >= 4 is 40.8 Å². The van der Waals surface area contributed by atoms with E-state index in [4.69, 9.17) is 9.47 Å². The average molecular weight is 631 g/mol. The fraction of sp³-hybridized carbons (Fsp3) is 0.400. The van der Waals surface area contributed by atoms with Crippen LogP contribution in [0.4, 0.5) is 32.3 Å². The molecule has 0 atom stereocenters. The van der Waals surface area contributed by atoms with Crippen molar-refractivity contribution in [2.45, 2.75) is 39.3 Å². The Bertz CT molecular complexity index is 1460. The number of hydrogen-bond acceptors (Lipinski definition) is 7. The lowest BCUT2D eigenvalue weighted by Crippen LogP contribution is -2.40. The van der Waals surface area contributed by atoms with Crippen molar-refractivity contribution in [1.82, 2.24) is 9.80 Å². The third-order valence-corrected chi connectivity index (χ3v) is 7.31. The molecule has 0 aliphatic carbocycles. The summed E-state index contributed by atoms with van der Waals surface area (Å²) >= 11 is 0. The lowest BCUT2D eigenvalue weighted by atomic mass is 10.1. The van der Waals surface area contributed by atoms with Crippen molar-refractivity contribution in [2.75, 3.05) is 74.3 Å². The maximum absolute atomic E-state index is 13.5. The van der Waals surface area contributed by atoms with E-state index in [2.05, 4.69) is 20.9 Å². The number of para-hydroxylation sites is 2. The monoisotopic (exact) mass is 630 g/mol. The number of carbonyl (C=O) groups excluding carboxylic acids is 3. The van der Waals surface area contributed by atoms with E-state index in [1.807, 2.05) is 55.4 Å². The molecule has 0 saturated carbocycles. The third kappa shape index (κ3) is 10.8. The minimum absolute atomic E-state index is 0.186. The molecule has 0 unspecified atom stereocenters. The molecule has 1 saturated heterocycles. The first kappa shape index (κ1) is 34.3. The van der Waals surface area contributed by atoms with Gasteiger partial charge in [0.25, 0.3) is 5.91 Å². The van der Waals surface area contributed by atoms with Gasteiger partial charge in [-0.2, -0.15) is 0 Å². The highest BCUT2D eigenvalue weighted by Gasteiger charge is 2.19. The second kappa shape index (κ2) is 16.1. The fourth-order valence-electron chi connectivity index (χ4n) is 4.92. The number of urea groups is 1. The summed E-state index contributed by atoms with van der Waals surface area (Å²) in [6.07, 6.45) is 0.213. The predicted octanol–water partition coefficient (Wildman–Crippen LogP) is 6.11. The van der Waals surface area contributed by atoms with Gasteiger partial charge in [0.1, 0.15) is 5.60 Å². The van der Waals surface area contributed by atoms with Crippen LogP contribution in [0, 0.1) is 0 Å². The number of nitrogens with one attached hydrogen (secondary N) is 3. The van der Waals surface area contributed by atoms with Crippen molar-refractivity contribution < 1.29 is 23.9 Å². The molecule has 0 spiro atoms. The zero-order valence-electron chi connectivity index (χ0n) is 27.5. The van der Waals surface area contributed by atoms with Crippen LogP contribution < -0.4 is 20.9 Å². The van der Waals surface area contributed by atoms with Gasteiger partial charge in [0.05, 0.1) is 24.6 Å². The van der Waals surface area contributed by atoms with Crippen molar-refractivity contribution in [3.05, 3.63) is 83.9 Å². The lowest BCUT2D eigenvalue weighted by Gasteiger charge is -2.28. The molecule has 3 aromatic rings. The van der Waals surface area contributed by atoms with E-state index < -0.39 is 11.7 Å². The Morgan fingerprint density at radius 1 is 0.870 bits per heavy atom. The highest BCUT2D eigenvalue weighted by Crippen LogP contribution is 2.23. The van der Waals surface area contributed by atoms with Gasteiger partial charge in [-0.15, -0.1) is 0 Å². The summed E-state index contributed by atoms with van der Waals surface area (Å²) in [6, 6.07) is 21.7. The van der Waals surface area contributed by atoms with Gasteiger partial charge in [-0.3, -0.25) is 15.0 Å². The number of rotatable bonds is 11. The maximum Gasteiger partial charge on any atom is 0.412 e. The number of ether oxygens (including phenoxy) is 2. The molecule has 0 radical (unpaired) electrons. The molecule has 3 N–H and O–H groups in total. The quantitative estimate of drug-likeness (QED) is 0.234. The minimum atomic E-state index is -0.653. The third-order valence-electron chi connectivity index (χ3n) is 7.31. The molecule has 4 rings (SSSR count). The molecular weight excluding hydrogens is 584 g/mol. The summed E-state index contributed by atoms with van der Waals surface area (Å²) in [5.41, 5.74) is 3.28. The van der Waals surface area contributed by atoms with Gasteiger partial charge in [0.15, 0.2) is 0 Å². The Labute approximate surface area is 271 Å². The van der Waals surface area contributed by atoms with Crippen LogP contribution in [-0.2, 0) is 16.0 Å². The van der Waals surface area contributed by atoms with Gasteiger partial charge in [-0.25, -0.2) is 9.59 Å². The van der Waals surface area contributed by atoms with Crippen molar-refractivity contribution in [1.29, 1.82) is 0 Å². The Morgan fingerprint density at radius 3 is 2.20 bits per heavy atom. The highest BCUT2D eigenvalue weighted by molar-refractivity contribution is 6.06. The minimum Gasteiger partial charge on any atom is -0.444 e. The fourth-order valence-corrected chi connectivity index (χ4v) is 4.92. The number of morpholine rings is 1. The van der Waals surface area contributed by atoms with Crippen molar-refractivity contribution in [2.24, 2.45) is 0 Å². The molecule has 3 aromatic carbocycles. The van der Waals surface area contributed by atoms with Crippen LogP contribution in [0.5, 0.6) is 0 Å². The molecule has 1 fully saturated rings. The Kier molecular flexibility index (Phi) is 12.0. The summed E-state index contributed by atoms with van der Waals surface area (Å²) < 4.78 is 10.8. The second-order valence-corrected chi connectivity index (χ2v) is 12.4. The molecule has 46 heavy (non-hydrogen) atoms. The Morgan fingerprint density at radius 2 is 1.54 bits per heavy atom. The molecular formula is C35H46N6O5. The number of amides is 4. The first-order valence-corrected chi connectivity index (χ1v) is 15.6. The second-order valence-electron chi connectivity index (χ2n) is 12.4. The van der Waals surface area contributed by atoms with E-state index in [1.165, 1.54) is 0 Å². The molecule has 1 aliphatic heterocycles. The van der Waals surface area contributed by atoms with Crippen LogP contribution >= 0.6 is 0 Å². The maximum atomic E-state index is 13.5. The molecule has 4 amide bonds. The van der Waals surface area contributed by atoms with E-state index in [-0.39, 0.29) is 11.9 Å². The molecule has 11 heteroatoms. The van der Waals surface area contributed by atoms with Crippen LogP contribution in [0.15, 0.2) is 72.8 Å². The van der Waals surface area contributed by atoms with Gasteiger partial charge in [-0.05, 0) is 75.2 Å². The summed E-state index contributed by atoms with van der Waals surface area (Å²) in [5.74, 6) is -0.328. The van der Waals surface area contributed by atoms with Crippen molar-refractivity contribution in [3.8, 4) is 0 Å².